The molecule has 1 atom stereocenters. The monoisotopic (exact) mass is 360 g/mol. The number of aliphatic carboxylic acids is 1. The van der Waals surface area contributed by atoms with Crippen molar-refractivity contribution < 1.29 is 14.7 Å². The molecule has 1 aromatic carbocycles. The number of nitrogens with one attached hydrogen (secondary N) is 2. The van der Waals surface area contributed by atoms with E-state index in [0.717, 1.165) is 16.7 Å². The predicted octanol–water partition coefficient (Wildman–Crippen LogP) is 4.39. The molecule has 1 aromatic rings. The Hall–Kier alpha value is -2.30. The van der Waals surface area contributed by atoms with E-state index >= 15 is 0 Å². The number of benzene rings is 1. The van der Waals surface area contributed by atoms with Crippen LogP contribution in [0.25, 0.3) is 5.57 Å². The van der Waals surface area contributed by atoms with Gasteiger partial charge in [0.05, 0.1) is 12.0 Å². The summed E-state index contributed by atoms with van der Waals surface area (Å²) in [4.78, 5) is 23.4. The topological polar surface area (TPSA) is 78.4 Å². The number of carbonyl (C=O) groups excluding carboxylic acids is 1. The molecule has 1 rings (SSSR count). The minimum absolute atomic E-state index is 0.0217. The average Bonchev–Trinajstić information content (AvgIpc) is 2.49. The van der Waals surface area contributed by atoms with Gasteiger partial charge in [-0.3, -0.25) is 4.79 Å². The fourth-order valence-electron chi connectivity index (χ4n) is 2.68. The second-order valence-corrected chi connectivity index (χ2v) is 8.48. The molecule has 144 valence electrons. The fraction of sp³-hybridized carbons (Fsp3) is 0.524. The van der Waals surface area contributed by atoms with Crippen molar-refractivity contribution in [1.82, 2.24) is 10.6 Å². The summed E-state index contributed by atoms with van der Waals surface area (Å²) in [6.45, 7) is 16.0. The normalized spacial score (nSPS) is 13.0. The molecule has 26 heavy (non-hydrogen) atoms. The van der Waals surface area contributed by atoms with E-state index in [0.29, 0.717) is 6.54 Å². The SMILES string of the molecule is C=C(C)c1cccc(C(C)(C)NC(=O)NCC(CC(=O)O)C(C)(C)C)c1. The molecule has 2 amide bonds. The van der Waals surface area contributed by atoms with Crippen molar-refractivity contribution in [2.45, 2.75) is 53.5 Å². The maximum absolute atomic E-state index is 12.4. The number of urea groups is 1. The van der Waals surface area contributed by atoms with E-state index in [4.69, 9.17) is 5.11 Å². The maximum Gasteiger partial charge on any atom is 0.315 e. The van der Waals surface area contributed by atoms with Crippen molar-refractivity contribution in [3.63, 3.8) is 0 Å². The van der Waals surface area contributed by atoms with Gasteiger partial charge in [0.2, 0.25) is 0 Å². The van der Waals surface area contributed by atoms with E-state index in [1.807, 2.05) is 65.8 Å². The van der Waals surface area contributed by atoms with Gasteiger partial charge in [0.15, 0.2) is 0 Å². The van der Waals surface area contributed by atoms with Gasteiger partial charge in [0.1, 0.15) is 0 Å². The van der Waals surface area contributed by atoms with Crippen LogP contribution in [0.2, 0.25) is 0 Å². The van der Waals surface area contributed by atoms with Crippen molar-refractivity contribution in [3.8, 4) is 0 Å². The number of allylic oxidation sites excluding steroid dienone is 1. The molecule has 0 fully saturated rings. The van der Waals surface area contributed by atoms with E-state index in [1.165, 1.54) is 0 Å². The number of rotatable bonds is 7. The van der Waals surface area contributed by atoms with Crippen molar-refractivity contribution >= 4 is 17.6 Å². The summed E-state index contributed by atoms with van der Waals surface area (Å²) in [5.74, 6) is -1.01. The fourth-order valence-corrected chi connectivity index (χ4v) is 2.68. The Morgan fingerprint density at radius 3 is 2.31 bits per heavy atom. The van der Waals surface area contributed by atoms with E-state index in [-0.39, 0.29) is 23.8 Å². The number of carbonyl (C=O) groups is 2. The van der Waals surface area contributed by atoms with E-state index in [9.17, 15) is 9.59 Å². The van der Waals surface area contributed by atoms with Crippen LogP contribution >= 0.6 is 0 Å². The van der Waals surface area contributed by atoms with Gasteiger partial charge < -0.3 is 15.7 Å². The van der Waals surface area contributed by atoms with Gasteiger partial charge in [-0.25, -0.2) is 4.79 Å². The third-order valence-electron chi connectivity index (χ3n) is 4.66. The third kappa shape index (κ3) is 6.54. The Balaban J connectivity index is 2.77. The van der Waals surface area contributed by atoms with Gasteiger partial charge in [0, 0.05) is 6.54 Å². The standard InChI is InChI=1S/C21H32N2O3/c1-14(2)15-9-8-10-16(11-15)21(6,7)23-19(26)22-13-17(12-18(24)25)20(3,4)5/h8-11,17H,1,12-13H2,2-7H3,(H,24,25)(H2,22,23,26). The van der Waals surface area contributed by atoms with Crippen LogP contribution in [0.3, 0.4) is 0 Å². The van der Waals surface area contributed by atoms with Crippen LogP contribution < -0.4 is 10.6 Å². The van der Waals surface area contributed by atoms with Gasteiger partial charge in [-0.2, -0.15) is 0 Å². The predicted molar refractivity (Wildman–Crippen MR) is 106 cm³/mol. The molecule has 0 saturated carbocycles. The number of carboxylic acid groups (broad SMARTS) is 1. The van der Waals surface area contributed by atoms with E-state index < -0.39 is 11.5 Å². The Kier molecular flexibility index (Phi) is 7.01. The minimum atomic E-state index is -0.857. The minimum Gasteiger partial charge on any atom is -0.481 e. The first-order valence-corrected chi connectivity index (χ1v) is 8.87. The highest BCUT2D eigenvalue weighted by molar-refractivity contribution is 5.75. The smallest absolute Gasteiger partial charge is 0.315 e. The molecule has 0 aliphatic carbocycles. The lowest BCUT2D eigenvalue weighted by atomic mass is 9.78. The van der Waals surface area contributed by atoms with Crippen molar-refractivity contribution in [1.29, 1.82) is 0 Å². The molecule has 0 bridgehead atoms. The quantitative estimate of drug-likeness (QED) is 0.675. The summed E-state index contributed by atoms with van der Waals surface area (Å²) in [5, 5.41) is 14.9. The molecule has 5 nitrogen and oxygen atoms in total. The van der Waals surface area contributed by atoms with Crippen LogP contribution in [0.5, 0.6) is 0 Å². The maximum atomic E-state index is 12.4. The number of hydrogen-bond donors (Lipinski definition) is 3. The molecule has 0 heterocycles. The summed E-state index contributed by atoms with van der Waals surface area (Å²) >= 11 is 0. The first-order valence-electron chi connectivity index (χ1n) is 8.87. The van der Waals surface area contributed by atoms with Crippen LogP contribution in [0.4, 0.5) is 4.79 Å². The largest absolute Gasteiger partial charge is 0.481 e. The number of carboxylic acids is 1. The van der Waals surface area contributed by atoms with Gasteiger partial charge in [-0.1, -0.05) is 51.1 Å². The number of hydrogen-bond acceptors (Lipinski definition) is 2. The first-order chi connectivity index (χ1) is 11.8. The van der Waals surface area contributed by atoms with Crippen molar-refractivity contribution in [2.24, 2.45) is 11.3 Å². The molecule has 0 saturated heterocycles. The molecular formula is C21H32N2O3. The summed E-state index contributed by atoms with van der Waals surface area (Å²) in [6, 6.07) is 7.61. The molecule has 0 aliphatic heterocycles. The third-order valence-corrected chi connectivity index (χ3v) is 4.66. The van der Waals surface area contributed by atoms with Gasteiger partial charge in [0.25, 0.3) is 0 Å². The highest BCUT2D eigenvalue weighted by Gasteiger charge is 2.28. The Bertz CT molecular complexity index is 672. The zero-order valence-electron chi connectivity index (χ0n) is 16.8. The highest BCUT2D eigenvalue weighted by Crippen LogP contribution is 2.28. The molecule has 0 aliphatic rings. The molecule has 3 N–H and O–H groups in total. The zero-order chi connectivity index (χ0) is 20.1. The van der Waals surface area contributed by atoms with Gasteiger partial charge in [-0.05, 0) is 49.3 Å². The van der Waals surface area contributed by atoms with Crippen molar-refractivity contribution in [3.05, 3.63) is 42.0 Å². The second-order valence-electron chi connectivity index (χ2n) is 8.48. The average molecular weight is 360 g/mol. The molecule has 0 spiro atoms. The molecule has 5 heteroatoms. The Labute approximate surface area is 156 Å². The molecule has 0 radical (unpaired) electrons. The van der Waals surface area contributed by atoms with Crippen LogP contribution in [-0.2, 0) is 10.3 Å². The summed E-state index contributed by atoms with van der Waals surface area (Å²) in [5.41, 5.74) is 2.20. The molecule has 1 unspecified atom stereocenters. The first kappa shape index (κ1) is 21.7. The van der Waals surface area contributed by atoms with E-state index in [1.54, 1.807) is 0 Å². The Morgan fingerprint density at radius 1 is 1.19 bits per heavy atom. The molecule has 0 aromatic heterocycles. The van der Waals surface area contributed by atoms with Gasteiger partial charge in [-0.15, -0.1) is 0 Å². The van der Waals surface area contributed by atoms with Crippen LogP contribution in [0.1, 0.15) is 59.1 Å². The zero-order valence-corrected chi connectivity index (χ0v) is 16.8. The second kappa shape index (κ2) is 8.39. The lowest BCUT2D eigenvalue weighted by Gasteiger charge is -2.31. The number of amides is 2. The lowest BCUT2D eigenvalue weighted by molar-refractivity contribution is -0.139. The summed E-state index contributed by atoms with van der Waals surface area (Å²) < 4.78 is 0. The van der Waals surface area contributed by atoms with Crippen LogP contribution in [0, 0.1) is 11.3 Å². The highest BCUT2D eigenvalue weighted by atomic mass is 16.4. The van der Waals surface area contributed by atoms with Crippen LogP contribution in [0.15, 0.2) is 30.8 Å². The van der Waals surface area contributed by atoms with Crippen LogP contribution in [-0.4, -0.2) is 23.7 Å². The summed E-state index contributed by atoms with van der Waals surface area (Å²) in [6.07, 6.45) is 0.0217. The van der Waals surface area contributed by atoms with E-state index in [2.05, 4.69) is 17.2 Å². The summed E-state index contributed by atoms with van der Waals surface area (Å²) in [7, 11) is 0. The lowest BCUT2D eigenvalue weighted by Crippen LogP contribution is -2.48. The van der Waals surface area contributed by atoms with Gasteiger partial charge >= 0.3 is 12.0 Å². The Morgan fingerprint density at radius 2 is 1.81 bits per heavy atom. The van der Waals surface area contributed by atoms with Crippen molar-refractivity contribution in [2.75, 3.05) is 6.54 Å². The molecular weight excluding hydrogens is 328 g/mol.